The molecule has 0 aliphatic heterocycles. The minimum absolute atomic E-state index is 0.0523. The van der Waals surface area contributed by atoms with E-state index in [0.29, 0.717) is 11.3 Å². The number of nitro groups is 1. The average Bonchev–Trinajstić information content (AvgIpc) is 2.49. The van der Waals surface area contributed by atoms with Gasteiger partial charge in [-0.15, -0.1) is 0 Å². The molecular formula is C15H15N4O4+. The molecule has 118 valence electrons. The summed E-state index contributed by atoms with van der Waals surface area (Å²) in [6, 6.07) is 7.38. The highest BCUT2D eigenvalue weighted by molar-refractivity contribution is 5.92. The summed E-state index contributed by atoms with van der Waals surface area (Å²) in [5, 5.41) is 13.4. The fourth-order valence-corrected chi connectivity index (χ4v) is 1.98. The van der Waals surface area contributed by atoms with E-state index < -0.39 is 10.8 Å². The number of aryl methyl sites for hydroxylation is 1. The van der Waals surface area contributed by atoms with E-state index in [1.807, 2.05) is 0 Å². The van der Waals surface area contributed by atoms with Crippen molar-refractivity contribution in [2.24, 2.45) is 5.73 Å². The SMILES string of the molecule is Cc1ccc([N+](=O)[O-])cc1NC(=O)C[n+]1cccc(C(N)=O)c1. The number of benzene rings is 1. The van der Waals surface area contributed by atoms with Crippen molar-refractivity contribution in [3.05, 3.63) is 64.0 Å². The van der Waals surface area contributed by atoms with Crippen LogP contribution in [0.4, 0.5) is 11.4 Å². The van der Waals surface area contributed by atoms with Crippen LogP contribution in [0.2, 0.25) is 0 Å². The molecule has 23 heavy (non-hydrogen) atoms. The smallest absolute Gasteiger partial charge is 0.290 e. The van der Waals surface area contributed by atoms with E-state index in [2.05, 4.69) is 5.32 Å². The Morgan fingerprint density at radius 3 is 2.74 bits per heavy atom. The van der Waals surface area contributed by atoms with Crippen molar-refractivity contribution in [1.29, 1.82) is 0 Å². The number of nitrogens with two attached hydrogens (primary N) is 1. The van der Waals surface area contributed by atoms with E-state index in [9.17, 15) is 19.7 Å². The third-order valence-corrected chi connectivity index (χ3v) is 3.17. The van der Waals surface area contributed by atoms with Gasteiger partial charge in [-0.25, -0.2) is 0 Å². The Bertz CT molecular complexity index is 789. The summed E-state index contributed by atoms with van der Waals surface area (Å²) in [6.45, 7) is 1.68. The first kappa shape index (κ1) is 16.1. The number of nitrogens with one attached hydrogen (secondary N) is 1. The molecule has 1 aromatic carbocycles. The van der Waals surface area contributed by atoms with Crippen molar-refractivity contribution in [2.75, 3.05) is 5.32 Å². The number of non-ortho nitro benzene ring substituents is 1. The molecule has 2 aromatic rings. The number of nitro benzene ring substituents is 1. The van der Waals surface area contributed by atoms with E-state index in [-0.39, 0.29) is 23.7 Å². The maximum Gasteiger partial charge on any atom is 0.290 e. The van der Waals surface area contributed by atoms with Gasteiger partial charge in [-0.1, -0.05) is 6.07 Å². The predicted octanol–water partition coefficient (Wildman–Crippen LogP) is 0.928. The number of hydrogen-bond acceptors (Lipinski definition) is 4. The Labute approximate surface area is 131 Å². The van der Waals surface area contributed by atoms with Crippen LogP contribution < -0.4 is 15.6 Å². The van der Waals surface area contributed by atoms with Crippen molar-refractivity contribution >= 4 is 23.2 Å². The Hall–Kier alpha value is -3.29. The number of carbonyl (C=O) groups excluding carboxylic acids is 2. The molecule has 0 saturated heterocycles. The van der Waals surface area contributed by atoms with Gasteiger partial charge in [-0.3, -0.25) is 19.7 Å². The molecule has 8 nitrogen and oxygen atoms in total. The molecule has 0 bridgehead atoms. The highest BCUT2D eigenvalue weighted by atomic mass is 16.6. The number of primary amides is 1. The van der Waals surface area contributed by atoms with Crippen LogP contribution in [-0.2, 0) is 11.3 Å². The quantitative estimate of drug-likeness (QED) is 0.484. The Morgan fingerprint density at radius 2 is 2.09 bits per heavy atom. The van der Waals surface area contributed by atoms with Crippen LogP contribution in [0.3, 0.4) is 0 Å². The molecular weight excluding hydrogens is 300 g/mol. The number of carbonyl (C=O) groups is 2. The molecule has 0 spiro atoms. The van der Waals surface area contributed by atoms with Gasteiger partial charge in [0, 0.05) is 18.2 Å². The number of pyridine rings is 1. The van der Waals surface area contributed by atoms with Gasteiger partial charge in [0.05, 0.1) is 10.6 Å². The van der Waals surface area contributed by atoms with Crippen molar-refractivity contribution in [3.63, 3.8) is 0 Å². The van der Waals surface area contributed by atoms with Crippen LogP contribution >= 0.6 is 0 Å². The minimum Gasteiger partial charge on any atom is -0.365 e. The molecule has 3 N–H and O–H groups in total. The first-order valence-corrected chi connectivity index (χ1v) is 6.70. The number of rotatable bonds is 5. The lowest BCUT2D eigenvalue weighted by atomic mass is 10.2. The molecule has 2 amide bonds. The zero-order valence-corrected chi connectivity index (χ0v) is 12.4. The van der Waals surface area contributed by atoms with Crippen LogP contribution in [-0.4, -0.2) is 16.7 Å². The maximum atomic E-state index is 12.1. The lowest BCUT2D eigenvalue weighted by Gasteiger charge is -2.06. The van der Waals surface area contributed by atoms with Crippen LogP contribution in [0, 0.1) is 17.0 Å². The summed E-state index contributed by atoms with van der Waals surface area (Å²) >= 11 is 0. The summed E-state index contributed by atoms with van der Waals surface area (Å²) in [5.41, 5.74) is 6.45. The largest absolute Gasteiger partial charge is 0.365 e. The Morgan fingerprint density at radius 1 is 1.35 bits per heavy atom. The van der Waals surface area contributed by atoms with Gasteiger partial charge in [-0.2, -0.15) is 4.57 Å². The van der Waals surface area contributed by atoms with Crippen LogP contribution in [0.25, 0.3) is 0 Å². The zero-order chi connectivity index (χ0) is 17.0. The van der Waals surface area contributed by atoms with Gasteiger partial charge in [0.2, 0.25) is 6.54 Å². The highest BCUT2D eigenvalue weighted by Gasteiger charge is 2.15. The maximum absolute atomic E-state index is 12.1. The minimum atomic E-state index is -0.589. The van der Waals surface area contributed by atoms with Crippen molar-refractivity contribution in [2.45, 2.75) is 13.5 Å². The van der Waals surface area contributed by atoms with E-state index in [0.717, 1.165) is 0 Å². The number of anilines is 1. The van der Waals surface area contributed by atoms with E-state index >= 15 is 0 Å². The first-order chi connectivity index (χ1) is 10.9. The molecule has 0 saturated carbocycles. The van der Waals surface area contributed by atoms with Gasteiger partial charge in [0.1, 0.15) is 5.56 Å². The normalized spacial score (nSPS) is 10.1. The van der Waals surface area contributed by atoms with Crippen LogP contribution in [0.15, 0.2) is 42.7 Å². The number of aromatic nitrogens is 1. The highest BCUT2D eigenvalue weighted by Crippen LogP contribution is 2.21. The third kappa shape index (κ3) is 4.10. The summed E-state index contributed by atoms with van der Waals surface area (Å²) in [5.74, 6) is -0.963. The van der Waals surface area contributed by atoms with Crippen LogP contribution in [0.5, 0.6) is 0 Å². The van der Waals surface area contributed by atoms with Crippen molar-refractivity contribution in [3.8, 4) is 0 Å². The standard InChI is InChI=1S/C15H14N4O4/c1-10-4-5-12(19(22)23)7-13(10)17-14(20)9-18-6-2-3-11(8-18)15(16)21/h2-8H,9H2,1H3,(H2-,16,17,20,21)/p+1. The lowest BCUT2D eigenvalue weighted by Crippen LogP contribution is -2.40. The second-order valence-electron chi connectivity index (χ2n) is 4.93. The summed E-state index contributed by atoms with van der Waals surface area (Å²) < 4.78 is 1.50. The molecule has 0 unspecified atom stereocenters. The zero-order valence-electron chi connectivity index (χ0n) is 12.4. The molecule has 0 fully saturated rings. The topological polar surface area (TPSA) is 119 Å². The molecule has 0 aliphatic rings. The van der Waals surface area contributed by atoms with Gasteiger partial charge in [0.15, 0.2) is 12.4 Å². The second kappa shape index (κ2) is 6.65. The molecule has 2 rings (SSSR count). The van der Waals surface area contributed by atoms with Gasteiger partial charge < -0.3 is 11.1 Å². The van der Waals surface area contributed by atoms with Gasteiger partial charge >= 0.3 is 0 Å². The number of amides is 2. The Balaban J connectivity index is 2.14. The lowest BCUT2D eigenvalue weighted by molar-refractivity contribution is -0.684. The monoisotopic (exact) mass is 315 g/mol. The molecule has 1 heterocycles. The van der Waals surface area contributed by atoms with Gasteiger partial charge in [-0.05, 0) is 18.6 Å². The number of nitrogens with zero attached hydrogens (tertiary/aromatic N) is 2. The van der Waals surface area contributed by atoms with E-state index in [1.165, 1.54) is 22.9 Å². The van der Waals surface area contributed by atoms with Gasteiger partial charge in [0.25, 0.3) is 17.5 Å². The fraction of sp³-hybridized carbons (Fsp3) is 0.133. The Kier molecular flexibility index (Phi) is 4.65. The fourth-order valence-electron chi connectivity index (χ4n) is 1.98. The molecule has 0 atom stereocenters. The molecule has 0 aliphatic carbocycles. The molecule has 8 heteroatoms. The molecule has 0 radical (unpaired) electrons. The summed E-state index contributed by atoms with van der Waals surface area (Å²) in [6.07, 6.45) is 3.08. The van der Waals surface area contributed by atoms with Crippen LogP contribution in [0.1, 0.15) is 15.9 Å². The summed E-state index contributed by atoms with van der Waals surface area (Å²) in [7, 11) is 0. The summed E-state index contributed by atoms with van der Waals surface area (Å²) in [4.78, 5) is 33.5. The first-order valence-electron chi connectivity index (χ1n) is 6.70. The second-order valence-corrected chi connectivity index (χ2v) is 4.93. The van der Waals surface area contributed by atoms with E-state index in [1.54, 1.807) is 31.3 Å². The third-order valence-electron chi connectivity index (χ3n) is 3.17. The van der Waals surface area contributed by atoms with Crippen molar-refractivity contribution < 1.29 is 19.1 Å². The van der Waals surface area contributed by atoms with Crippen molar-refractivity contribution in [1.82, 2.24) is 0 Å². The molecule has 1 aromatic heterocycles. The number of hydrogen-bond donors (Lipinski definition) is 2. The predicted molar refractivity (Wildman–Crippen MR) is 81.6 cm³/mol. The van der Waals surface area contributed by atoms with E-state index in [4.69, 9.17) is 5.73 Å². The average molecular weight is 315 g/mol.